The lowest BCUT2D eigenvalue weighted by molar-refractivity contribution is -0.0125. The maximum atomic E-state index is 13.3. The minimum atomic E-state index is -2.93. The van der Waals surface area contributed by atoms with Gasteiger partial charge in [0.05, 0.1) is 11.3 Å². The van der Waals surface area contributed by atoms with Crippen LogP contribution in [0.3, 0.4) is 0 Å². The molecule has 0 spiro atoms. The third-order valence-electron chi connectivity index (χ3n) is 1.86. The summed E-state index contributed by atoms with van der Waals surface area (Å²) in [6, 6.07) is 0. The molecule has 0 atom stereocenters. The Kier molecular flexibility index (Phi) is 2.66. The normalized spacial score (nSPS) is 12.1. The van der Waals surface area contributed by atoms with E-state index in [-0.39, 0.29) is 30.0 Å². The molecule has 74 valence electrons. The number of rotatable bonds is 3. The van der Waals surface area contributed by atoms with Gasteiger partial charge < -0.3 is 10.3 Å². The third-order valence-corrected chi connectivity index (χ3v) is 1.86. The van der Waals surface area contributed by atoms with Gasteiger partial charge in [0.1, 0.15) is 5.76 Å². The fourth-order valence-electron chi connectivity index (χ4n) is 1.31. The molecule has 0 saturated heterocycles. The van der Waals surface area contributed by atoms with E-state index < -0.39 is 5.92 Å². The van der Waals surface area contributed by atoms with Crippen molar-refractivity contribution in [2.75, 3.05) is 6.54 Å². The second-order valence-corrected chi connectivity index (χ2v) is 2.94. The van der Waals surface area contributed by atoms with Crippen LogP contribution in [0.25, 0.3) is 0 Å². The molecule has 0 aliphatic heterocycles. The molecule has 2 N–H and O–H groups in total. The maximum Gasteiger partial charge on any atom is 0.279 e. The summed E-state index contributed by atoms with van der Waals surface area (Å²) in [7, 11) is 0. The average Bonchev–Trinajstić information content (AvgIpc) is 2.31. The lowest BCUT2D eigenvalue weighted by Crippen LogP contribution is -2.20. The SMILES string of the molecule is Cc1noc(C)c1C(F)(F)CCN. The summed E-state index contributed by atoms with van der Waals surface area (Å²) in [4.78, 5) is 0. The summed E-state index contributed by atoms with van der Waals surface area (Å²) in [5.41, 5.74) is 5.20. The number of aromatic nitrogens is 1. The first-order valence-electron chi connectivity index (χ1n) is 4.00. The average molecular weight is 190 g/mol. The molecule has 1 heterocycles. The van der Waals surface area contributed by atoms with E-state index in [9.17, 15) is 8.78 Å². The van der Waals surface area contributed by atoms with Crippen molar-refractivity contribution in [1.82, 2.24) is 5.16 Å². The van der Waals surface area contributed by atoms with Crippen molar-refractivity contribution in [2.45, 2.75) is 26.2 Å². The summed E-state index contributed by atoms with van der Waals surface area (Å²) < 4.78 is 31.3. The van der Waals surface area contributed by atoms with Crippen LogP contribution in [-0.2, 0) is 5.92 Å². The molecule has 0 aliphatic rings. The zero-order valence-electron chi connectivity index (χ0n) is 7.60. The van der Waals surface area contributed by atoms with E-state index in [1.165, 1.54) is 13.8 Å². The van der Waals surface area contributed by atoms with Crippen LogP contribution in [0.15, 0.2) is 4.52 Å². The van der Waals surface area contributed by atoms with E-state index in [0.29, 0.717) is 0 Å². The predicted octanol–water partition coefficient (Wildman–Crippen LogP) is 1.73. The zero-order valence-corrected chi connectivity index (χ0v) is 7.60. The van der Waals surface area contributed by atoms with Crippen LogP contribution >= 0.6 is 0 Å². The van der Waals surface area contributed by atoms with Crippen molar-refractivity contribution in [2.24, 2.45) is 5.73 Å². The van der Waals surface area contributed by atoms with E-state index in [2.05, 4.69) is 9.68 Å². The highest BCUT2D eigenvalue weighted by Crippen LogP contribution is 2.35. The van der Waals surface area contributed by atoms with Crippen LogP contribution in [0.5, 0.6) is 0 Å². The third kappa shape index (κ3) is 1.85. The number of halogens is 2. The van der Waals surface area contributed by atoms with E-state index >= 15 is 0 Å². The minimum Gasteiger partial charge on any atom is -0.361 e. The zero-order chi connectivity index (χ0) is 10.1. The van der Waals surface area contributed by atoms with Gasteiger partial charge in [-0.2, -0.15) is 0 Å². The molecule has 1 aromatic rings. The topological polar surface area (TPSA) is 52.0 Å². The molecule has 13 heavy (non-hydrogen) atoms. The molecule has 0 radical (unpaired) electrons. The number of nitrogens with two attached hydrogens (primary N) is 1. The van der Waals surface area contributed by atoms with Gasteiger partial charge in [-0.3, -0.25) is 0 Å². The Morgan fingerprint density at radius 3 is 2.46 bits per heavy atom. The highest BCUT2D eigenvalue weighted by atomic mass is 19.3. The van der Waals surface area contributed by atoms with Crippen molar-refractivity contribution in [3.8, 4) is 0 Å². The molecular weight excluding hydrogens is 178 g/mol. The molecular formula is C8H12F2N2O. The molecule has 3 nitrogen and oxygen atoms in total. The summed E-state index contributed by atoms with van der Waals surface area (Å²) in [5, 5.41) is 3.47. The summed E-state index contributed by atoms with van der Waals surface area (Å²) in [6.07, 6.45) is -0.379. The van der Waals surface area contributed by atoms with E-state index in [4.69, 9.17) is 5.73 Å². The lowest BCUT2D eigenvalue weighted by atomic mass is 10.0. The number of hydrogen-bond donors (Lipinski definition) is 1. The Morgan fingerprint density at radius 2 is 2.08 bits per heavy atom. The number of alkyl halides is 2. The Balaban J connectivity index is 3.05. The van der Waals surface area contributed by atoms with Crippen LogP contribution in [-0.4, -0.2) is 11.7 Å². The van der Waals surface area contributed by atoms with Crippen molar-refractivity contribution in [1.29, 1.82) is 0 Å². The monoisotopic (exact) mass is 190 g/mol. The summed E-state index contributed by atoms with van der Waals surface area (Å²) in [6.45, 7) is 2.91. The number of hydrogen-bond acceptors (Lipinski definition) is 3. The van der Waals surface area contributed by atoms with E-state index in [0.717, 1.165) is 0 Å². The molecule has 1 rings (SSSR count). The quantitative estimate of drug-likeness (QED) is 0.789. The van der Waals surface area contributed by atoms with Gasteiger partial charge in [-0.1, -0.05) is 5.16 Å². The maximum absolute atomic E-state index is 13.3. The summed E-state index contributed by atoms with van der Waals surface area (Å²) >= 11 is 0. The second kappa shape index (κ2) is 3.41. The Bertz CT molecular complexity index is 277. The minimum absolute atomic E-state index is 0.0585. The molecule has 0 aliphatic carbocycles. The Morgan fingerprint density at radius 1 is 1.46 bits per heavy atom. The fourth-order valence-corrected chi connectivity index (χ4v) is 1.31. The van der Waals surface area contributed by atoms with Gasteiger partial charge in [0.15, 0.2) is 0 Å². The summed E-state index contributed by atoms with van der Waals surface area (Å²) in [5.74, 6) is -2.76. The van der Waals surface area contributed by atoms with E-state index in [1.54, 1.807) is 0 Å². The van der Waals surface area contributed by atoms with Gasteiger partial charge in [-0.25, -0.2) is 8.78 Å². The van der Waals surface area contributed by atoms with Crippen LogP contribution in [0.4, 0.5) is 8.78 Å². The predicted molar refractivity (Wildman–Crippen MR) is 43.5 cm³/mol. The van der Waals surface area contributed by atoms with E-state index in [1.807, 2.05) is 0 Å². The molecule has 5 heteroatoms. The Labute approximate surface area is 74.9 Å². The molecule has 0 saturated carbocycles. The highest BCUT2D eigenvalue weighted by Gasteiger charge is 2.36. The molecule has 0 bridgehead atoms. The second-order valence-electron chi connectivity index (χ2n) is 2.94. The van der Waals surface area contributed by atoms with Gasteiger partial charge in [0.25, 0.3) is 5.92 Å². The van der Waals surface area contributed by atoms with Crippen LogP contribution < -0.4 is 5.73 Å². The van der Waals surface area contributed by atoms with Gasteiger partial charge >= 0.3 is 0 Å². The fraction of sp³-hybridized carbons (Fsp3) is 0.625. The van der Waals surface area contributed by atoms with Crippen molar-refractivity contribution < 1.29 is 13.3 Å². The van der Waals surface area contributed by atoms with Crippen LogP contribution in [0, 0.1) is 13.8 Å². The molecule has 0 unspecified atom stereocenters. The smallest absolute Gasteiger partial charge is 0.279 e. The Hall–Kier alpha value is -0.970. The van der Waals surface area contributed by atoms with Gasteiger partial charge in [0, 0.05) is 6.42 Å². The molecule has 0 fully saturated rings. The van der Waals surface area contributed by atoms with Crippen LogP contribution in [0.2, 0.25) is 0 Å². The van der Waals surface area contributed by atoms with Crippen LogP contribution in [0.1, 0.15) is 23.4 Å². The first-order valence-corrected chi connectivity index (χ1v) is 4.00. The first kappa shape index (κ1) is 10.1. The molecule has 0 amide bonds. The molecule has 0 aromatic carbocycles. The standard InChI is InChI=1S/C8H12F2N2O/c1-5-7(6(2)13-12-5)8(9,10)3-4-11/h3-4,11H2,1-2H3. The number of aryl methyl sites for hydroxylation is 2. The van der Waals surface area contributed by atoms with Gasteiger partial charge in [0.2, 0.25) is 0 Å². The number of nitrogens with zero attached hydrogens (tertiary/aromatic N) is 1. The van der Waals surface area contributed by atoms with Crippen molar-refractivity contribution in [3.05, 3.63) is 17.0 Å². The molecule has 1 aromatic heterocycles. The lowest BCUT2D eigenvalue weighted by Gasteiger charge is -2.14. The van der Waals surface area contributed by atoms with Crippen molar-refractivity contribution in [3.63, 3.8) is 0 Å². The first-order chi connectivity index (χ1) is 5.99. The largest absolute Gasteiger partial charge is 0.361 e. The highest BCUT2D eigenvalue weighted by molar-refractivity contribution is 5.26. The van der Waals surface area contributed by atoms with Gasteiger partial charge in [-0.15, -0.1) is 0 Å². The van der Waals surface area contributed by atoms with Gasteiger partial charge in [-0.05, 0) is 20.4 Å². The van der Waals surface area contributed by atoms with Crippen molar-refractivity contribution >= 4 is 0 Å².